The van der Waals surface area contributed by atoms with Crippen molar-refractivity contribution >= 4 is 15.9 Å². The van der Waals surface area contributed by atoms with Gasteiger partial charge in [-0.3, -0.25) is 0 Å². The molecule has 0 radical (unpaired) electrons. The molecule has 0 amide bonds. The van der Waals surface area contributed by atoms with Gasteiger partial charge < -0.3 is 18.9 Å². The third kappa shape index (κ3) is 3.37. The first-order valence-corrected chi connectivity index (χ1v) is 5.49. The highest BCUT2D eigenvalue weighted by atomic mass is 79.9. The normalized spacial score (nSPS) is 10.2. The van der Waals surface area contributed by atoms with E-state index >= 15 is 0 Å². The van der Waals surface area contributed by atoms with Crippen LogP contribution in [0.4, 0.5) is 0 Å². The Labute approximate surface area is 104 Å². The van der Waals surface area contributed by atoms with Crippen molar-refractivity contribution in [1.29, 1.82) is 0 Å². The van der Waals surface area contributed by atoms with Gasteiger partial charge in [0.2, 0.25) is 0 Å². The largest absolute Gasteiger partial charge is 0.497 e. The number of hydrogen-bond acceptors (Lipinski definition) is 4. The Bertz CT molecular complexity index is 341. The van der Waals surface area contributed by atoms with E-state index in [2.05, 4.69) is 15.9 Å². The van der Waals surface area contributed by atoms with Gasteiger partial charge in [0, 0.05) is 20.3 Å². The molecule has 1 aromatic rings. The Morgan fingerprint density at radius 1 is 1.12 bits per heavy atom. The van der Waals surface area contributed by atoms with Crippen LogP contribution in [0.1, 0.15) is 5.56 Å². The van der Waals surface area contributed by atoms with Gasteiger partial charge in [-0.05, 0) is 27.6 Å². The zero-order chi connectivity index (χ0) is 12.0. The molecular weight excluding hydrogens is 276 g/mol. The van der Waals surface area contributed by atoms with Gasteiger partial charge in [-0.1, -0.05) is 0 Å². The fourth-order valence-corrected chi connectivity index (χ4v) is 1.69. The summed E-state index contributed by atoms with van der Waals surface area (Å²) in [6, 6.07) is 3.69. The highest BCUT2D eigenvalue weighted by Crippen LogP contribution is 2.33. The topological polar surface area (TPSA) is 36.9 Å². The maximum atomic E-state index is 5.41. The predicted molar refractivity (Wildman–Crippen MR) is 63.9 cm³/mol. The standard InChI is InChI=1S/C11H15BrO4/c1-13-6-8-4-9(15-3)5-10(11(8)12)16-7-14-2/h4-5H,6-7H2,1-3H3. The first-order valence-electron chi connectivity index (χ1n) is 4.70. The number of hydrogen-bond donors (Lipinski definition) is 0. The predicted octanol–water partition coefficient (Wildman–Crippen LogP) is 2.59. The van der Waals surface area contributed by atoms with Crippen molar-refractivity contribution in [2.45, 2.75) is 6.61 Å². The van der Waals surface area contributed by atoms with Crippen molar-refractivity contribution < 1.29 is 18.9 Å². The van der Waals surface area contributed by atoms with Crippen molar-refractivity contribution in [2.24, 2.45) is 0 Å². The molecule has 0 aliphatic rings. The molecule has 0 bridgehead atoms. The third-order valence-corrected chi connectivity index (χ3v) is 2.86. The Hall–Kier alpha value is -0.780. The maximum absolute atomic E-state index is 5.41. The van der Waals surface area contributed by atoms with E-state index in [1.807, 2.05) is 6.07 Å². The highest BCUT2D eigenvalue weighted by Gasteiger charge is 2.10. The average Bonchev–Trinajstić information content (AvgIpc) is 2.30. The molecule has 0 saturated carbocycles. The number of halogens is 1. The number of ether oxygens (including phenoxy) is 4. The van der Waals surface area contributed by atoms with E-state index in [0.717, 1.165) is 15.8 Å². The Balaban J connectivity index is 2.99. The van der Waals surface area contributed by atoms with Gasteiger partial charge in [0.15, 0.2) is 6.79 Å². The molecule has 90 valence electrons. The minimum Gasteiger partial charge on any atom is -0.497 e. The SMILES string of the molecule is COCOc1cc(OC)cc(COC)c1Br. The van der Waals surface area contributed by atoms with E-state index in [1.54, 1.807) is 27.4 Å². The number of methoxy groups -OCH3 is 3. The summed E-state index contributed by atoms with van der Waals surface area (Å²) >= 11 is 3.46. The second kappa shape index (κ2) is 6.73. The smallest absolute Gasteiger partial charge is 0.188 e. The highest BCUT2D eigenvalue weighted by molar-refractivity contribution is 9.10. The van der Waals surface area contributed by atoms with E-state index in [4.69, 9.17) is 18.9 Å². The first kappa shape index (κ1) is 13.3. The lowest BCUT2D eigenvalue weighted by molar-refractivity contribution is 0.0502. The summed E-state index contributed by atoms with van der Waals surface area (Å²) in [7, 11) is 4.83. The van der Waals surface area contributed by atoms with E-state index in [-0.39, 0.29) is 6.79 Å². The summed E-state index contributed by atoms with van der Waals surface area (Å²) in [6.07, 6.45) is 0. The van der Waals surface area contributed by atoms with E-state index < -0.39 is 0 Å². The Morgan fingerprint density at radius 3 is 2.44 bits per heavy atom. The zero-order valence-corrected chi connectivity index (χ0v) is 11.2. The Morgan fingerprint density at radius 2 is 1.88 bits per heavy atom. The fourth-order valence-electron chi connectivity index (χ4n) is 1.23. The van der Waals surface area contributed by atoms with Crippen LogP contribution in [0.5, 0.6) is 11.5 Å². The lowest BCUT2D eigenvalue weighted by Gasteiger charge is -2.12. The van der Waals surface area contributed by atoms with E-state index in [0.29, 0.717) is 12.4 Å². The van der Waals surface area contributed by atoms with Crippen LogP contribution < -0.4 is 9.47 Å². The number of rotatable bonds is 6. The molecule has 1 rings (SSSR count). The molecule has 5 heteroatoms. The van der Waals surface area contributed by atoms with Crippen molar-refractivity contribution in [3.05, 3.63) is 22.2 Å². The lowest BCUT2D eigenvalue weighted by Crippen LogP contribution is -2.02. The molecule has 0 unspecified atom stereocenters. The van der Waals surface area contributed by atoms with Crippen LogP contribution in [0.15, 0.2) is 16.6 Å². The van der Waals surface area contributed by atoms with Gasteiger partial charge in [0.25, 0.3) is 0 Å². The van der Waals surface area contributed by atoms with Crippen LogP contribution in [-0.2, 0) is 16.1 Å². The van der Waals surface area contributed by atoms with Crippen LogP contribution in [0.3, 0.4) is 0 Å². The summed E-state index contributed by atoms with van der Waals surface area (Å²) in [6.45, 7) is 0.680. The molecule has 0 fully saturated rings. The van der Waals surface area contributed by atoms with Gasteiger partial charge in [-0.2, -0.15) is 0 Å². The molecule has 0 spiro atoms. The van der Waals surface area contributed by atoms with Gasteiger partial charge in [-0.15, -0.1) is 0 Å². The van der Waals surface area contributed by atoms with Gasteiger partial charge >= 0.3 is 0 Å². The molecule has 0 aromatic heterocycles. The molecule has 0 aliphatic carbocycles. The van der Waals surface area contributed by atoms with Crippen LogP contribution in [0.2, 0.25) is 0 Å². The fraction of sp³-hybridized carbons (Fsp3) is 0.455. The van der Waals surface area contributed by atoms with Crippen LogP contribution in [-0.4, -0.2) is 28.1 Å². The summed E-state index contributed by atoms with van der Waals surface area (Å²) in [5, 5.41) is 0. The van der Waals surface area contributed by atoms with Crippen molar-refractivity contribution in [3.63, 3.8) is 0 Å². The molecule has 0 heterocycles. The molecule has 0 N–H and O–H groups in total. The van der Waals surface area contributed by atoms with Gasteiger partial charge in [0.05, 0.1) is 18.2 Å². The van der Waals surface area contributed by atoms with E-state index in [9.17, 15) is 0 Å². The minimum absolute atomic E-state index is 0.193. The molecule has 16 heavy (non-hydrogen) atoms. The summed E-state index contributed by atoms with van der Waals surface area (Å²) < 4.78 is 21.4. The number of benzene rings is 1. The van der Waals surface area contributed by atoms with Crippen LogP contribution in [0, 0.1) is 0 Å². The lowest BCUT2D eigenvalue weighted by atomic mass is 10.2. The third-order valence-electron chi connectivity index (χ3n) is 1.96. The van der Waals surface area contributed by atoms with Crippen molar-refractivity contribution in [1.82, 2.24) is 0 Å². The molecule has 0 aliphatic heterocycles. The van der Waals surface area contributed by atoms with Crippen molar-refractivity contribution in [2.75, 3.05) is 28.1 Å². The second-order valence-electron chi connectivity index (χ2n) is 3.08. The molecule has 1 aromatic carbocycles. The molecule has 4 nitrogen and oxygen atoms in total. The van der Waals surface area contributed by atoms with Crippen LogP contribution in [0.25, 0.3) is 0 Å². The minimum atomic E-state index is 0.193. The van der Waals surface area contributed by atoms with Gasteiger partial charge in [-0.25, -0.2) is 0 Å². The summed E-state index contributed by atoms with van der Waals surface area (Å²) in [5.74, 6) is 1.40. The monoisotopic (exact) mass is 290 g/mol. The molecule has 0 atom stereocenters. The average molecular weight is 291 g/mol. The summed E-state index contributed by atoms with van der Waals surface area (Å²) in [4.78, 5) is 0. The first-order chi connectivity index (χ1) is 7.72. The molecule has 0 saturated heterocycles. The van der Waals surface area contributed by atoms with Gasteiger partial charge in [0.1, 0.15) is 11.5 Å². The Kier molecular flexibility index (Phi) is 5.59. The zero-order valence-electron chi connectivity index (χ0n) is 9.58. The molecular formula is C11H15BrO4. The van der Waals surface area contributed by atoms with E-state index in [1.165, 1.54) is 0 Å². The van der Waals surface area contributed by atoms with Crippen LogP contribution >= 0.6 is 15.9 Å². The summed E-state index contributed by atoms with van der Waals surface area (Å²) in [5.41, 5.74) is 0.966. The van der Waals surface area contributed by atoms with Crippen molar-refractivity contribution in [3.8, 4) is 11.5 Å². The second-order valence-corrected chi connectivity index (χ2v) is 3.88. The quantitative estimate of drug-likeness (QED) is 0.755. The maximum Gasteiger partial charge on any atom is 0.188 e.